The number of nitrogens with two attached hydrogens (primary N) is 1. The smallest absolute Gasteiger partial charge is 0.340 e. The number of rotatable bonds is 3. The molecule has 0 spiro atoms. The molecule has 0 aromatic carbocycles. The van der Waals surface area contributed by atoms with Gasteiger partial charge >= 0.3 is 5.97 Å². The Morgan fingerprint density at radius 2 is 2.22 bits per heavy atom. The van der Waals surface area contributed by atoms with Gasteiger partial charge in [0.25, 0.3) is 0 Å². The van der Waals surface area contributed by atoms with Crippen LogP contribution in [0.5, 0.6) is 0 Å². The lowest BCUT2D eigenvalue weighted by molar-refractivity contribution is -0.139. The molecule has 122 valence electrons. The van der Waals surface area contributed by atoms with Crippen LogP contribution < -0.4 is 5.73 Å². The summed E-state index contributed by atoms with van der Waals surface area (Å²) in [6, 6.07) is 3.41. The standard InChI is InChI=1S/C16H16BrNO5/c1-2-21-16(20)14-13(10-6-7-11(17)22-10)12-8(19)4-3-5-9(12)23-15(14)18/h6-7,13H,2-5,18H2,1H3/t13-/m0/s1. The van der Waals surface area contributed by atoms with Gasteiger partial charge in [0.05, 0.1) is 12.5 Å². The Kier molecular flexibility index (Phi) is 4.30. The van der Waals surface area contributed by atoms with E-state index >= 15 is 0 Å². The van der Waals surface area contributed by atoms with Crippen LogP contribution in [-0.4, -0.2) is 18.4 Å². The summed E-state index contributed by atoms with van der Waals surface area (Å²) < 4.78 is 16.8. The molecule has 0 unspecified atom stereocenters. The Bertz CT molecular complexity index is 731. The van der Waals surface area contributed by atoms with Crippen LogP contribution in [0.15, 0.2) is 44.0 Å². The van der Waals surface area contributed by atoms with Crippen molar-refractivity contribution in [2.75, 3.05) is 6.61 Å². The summed E-state index contributed by atoms with van der Waals surface area (Å²) in [6.45, 7) is 1.90. The molecule has 1 aromatic rings. The number of allylic oxidation sites excluding steroid dienone is 2. The largest absolute Gasteiger partial charge is 0.462 e. The molecule has 0 saturated heterocycles. The van der Waals surface area contributed by atoms with E-state index in [2.05, 4.69) is 15.9 Å². The zero-order chi connectivity index (χ0) is 16.6. The lowest BCUT2D eigenvalue weighted by Crippen LogP contribution is -2.31. The van der Waals surface area contributed by atoms with Crippen molar-refractivity contribution in [3.63, 3.8) is 0 Å². The van der Waals surface area contributed by atoms with E-state index in [0.717, 1.165) is 0 Å². The van der Waals surface area contributed by atoms with Gasteiger partial charge in [0, 0.05) is 18.4 Å². The van der Waals surface area contributed by atoms with Crippen LogP contribution in [0.3, 0.4) is 0 Å². The number of esters is 1. The summed E-state index contributed by atoms with van der Waals surface area (Å²) in [5, 5.41) is 0. The number of carbonyl (C=O) groups is 2. The second-order valence-corrected chi connectivity index (χ2v) is 6.07. The monoisotopic (exact) mass is 381 g/mol. The average Bonchev–Trinajstić information content (AvgIpc) is 2.92. The molecule has 1 aliphatic carbocycles. The number of hydrogen-bond acceptors (Lipinski definition) is 6. The first kappa shape index (κ1) is 15.9. The predicted octanol–water partition coefficient (Wildman–Crippen LogP) is 2.90. The van der Waals surface area contributed by atoms with E-state index in [1.807, 2.05) is 0 Å². The van der Waals surface area contributed by atoms with Gasteiger partial charge < -0.3 is 19.6 Å². The van der Waals surface area contributed by atoms with Gasteiger partial charge in [-0.2, -0.15) is 0 Å². The van der Waals surface area contributed by atoms with Gasteiger partial charge in [0.1, 0.15) is 17.1 Å². The highest BCUT2D eigenvalue weighted by molar-refractivity contribution is 9.10. The van der Waals surface area contributed by atoms with E-state index in [9.17, 15) is 9.59 Å². The number of ketones is 1. The highest BCUT2D eigenvalue weighted by atomic mass is 79.9. The van der Waals surface area contributed by atoms with Crippen LogP contribution in [0.4, 0.5) is 0 Å². The minimum Gasteiger partial charge on any atom is -0.462 e. The normalized spacial score (nSPS) is 21.1. The lowest BCUT2D eigenvalue weighted by atomic mass is 9.79. The Morgan fingerprint density at radius 3 is 2.87 bits per heavy atom. The molecular weight excluding hydrogens is 366 g/mol. The third-order valence-corrected chi connectivity index (χ3v) is 4.28. The first-order chi connectivity index (χ1) is 11.0. The maximum absolute atomic E-state index is 12.4. The number of Topliss-reactive ketones (excluding diaryl/α,β-unsaturated/α-hetero) is 1. The second-order valence-electron chi connectivity index (χ2n) is 5.29. The van der Waals surface area contributed by atoms with Gasteiger partial charge in [-0.25, -0.2) is 4.79 Å². The maximum atomic E-state index is 12.4. The molecule has 3 rings (SSSR count). The van der Waals surface area contributed by atoms with Crippen molar-refractivity contribution in [3.05, 3.63) is 45.4 Å². The van der Waals surface area contributed by atoms with Gasteiger partial charge in [-0.05, 0) is 41.4 Å². The van der Waals surface area contributed by atoms with Gasteiger partial charge in [-0.1, -0.05) is 0 Å². The van der Waals surface area contributed by atoms with E-state index in [4.69, 9.17) is 19.6 Å². The van der Waals surface area contributed by atoms with Gasteiger partial charge in [-0.15, -0.1) is 0 Å². The van der Waals surface area contributed by atoms with Crippen molar-refractivity contribution in [2.45, 2.75) is 32.1 Å². The second kappa shape index (κ2) is 6.23. The van der Waals surface area contributed by atoms with Gasteiger partial charge in [0.2, 0.25) is 5.88 Å². The molecule has 0 radical (unpaired) electrons. The van der Waals surface area contributed by atoms with Crippen LogP contribution in [0.2, 0.25) is 0 Å². The molecule has 0 bridgehead atoms. The molecular formula is C16H16BrNO5. The lowest BCUT2D eigenvalue weighted by Gasteiger charge is -2.31. The third-order valence-electron chi connectivity index (χ3n) is 3.86. The highest BCUT2D eigenvalue weighted by Crippen LogP contribution is 2.44. The fraction of sp³-hybridized carbons (Fsp3) is 0.375. The summed E-state index contributed by atoms with van der Waals surface area (Å²) in [5.41, 5.74) is 6.51. The summed E-state index contributed by atoms with van der Waals surface area (Å²) in [5.74, 6) is -0.421. The fourth-order valence-corrected chi connectivity index (χ4v) is 3.25. The average molecular weight is 382 g/mol. The van der Waals surface area contributed by atoms with Crippen LogP contribution in [0.1, 0.15) is 37.9 Å². The number of furan rings is 1. The Labute approximate surface area is 141 Å². The van der Waals surface area contributed by atoms with Crippen molar-refractivity contribution >= 4 is 27.7 Å². The number of carbonyl (C=O) groups excluding carboxylic acids is 2. The van der Waals surface area contributed by atoms with E-state index < -0.39 is 11.9 Å². The third kappa shape index (κ3) is 2.81. The van der Waals surface area contributed by atoms with Crippen molar-refractivity contribution in [1.29, 1.82) is 0 Å². The summed E-state index contributed by atoms with van der Waals surface area (Å²) in [7, 11) is 0. The fourth-order valence-electron chi connectivity index (χ4n) is 2.93. The number of hydrogen-bond donors (Lipinski definition) is 1. The van der Waals surface area contributed by atoms with Crippen LogP contribution >= 0.6 is 15.9 Å². The minimum atomic E-state index is -0.697. The molecule has 1 atom stereocenters. The van der Waals surface area contributed by atoms with Crippen molar-refractivity contribution in [1.82, 2.24) is 0 Å². The first-order valence-corrected chi connectivity index (χ1v) is 8.18. The molecule has 2 heterocycles. The topological polar surface area (TPSA) is 91.8 Å². The Balaban J connectivity index is 2.14. The minimum absolute atomic E-state index is 0.0329. The molecule has 2 aliphatic rings. The predicted molar refractivity (Wildman–Crippen MR) is 84.0 cm³/mol. The van der Waals surface area contributed by atoms with E-state index in [0.29, 0.717) is 41.0 Å². The quantitative estimate of drug-likeness (QED) is 0.809. The Hall–Kier alpha value is -2.02. The van der Waals surface area contributed by atoms with Crippen LogP contribution in [-0.2, 0) is 19.1 Å². The summed E-state index contributed by atoms with van der Waals surface area (Å²) in [6.07, 6.45) is 1.72. The molecule has 7 heteroatoms. The molecule has 0 saturated carbocycles. The van der Waals surface area contributed by atoms with E-state index in [1.54, 1.807) is 19.1 Å². The van der Waals surface area contributed by atoms with Crippen molar-refractivity contribution in [3.8, 4) is 0 Å². The number of ether oxygens (including phenoxy) is 2. The van der Waals surface area contributed by atoms with Gasteiger partial charge in [0.15, 0.2) is 10.5 Å². The van der Waals surface area contributed by atoms with Crippen LogP contribution in [0, 0.1) is 0 Å². The zero-order valence-corrected chi connectivity index (χ0v) is 14.1. The molecule has 2 N–H and O–H groups in total. The van der Waals surface area contributed by atoms with E-state index in [1.165, 1.54) is 0 Å². The number of halogens is 1. The van der Waals surface area contributed by atoms with Gasteiger partial charge in [-0.3, -0.25) is 4.79 Å². The van der Waals surface area contributed by atoms with Crippen LogP contribution in [0.25, 0.3) is 0 Å². The first-order valence-electron chi connectivity index (χ1n) is 7.39. The highest BCUT2D eigenvalue weighted by Gasteiger charge is 2.42. The van der Waals surface area contributed by atoms with Crippen molar-refractivity contribution in [2.24, 2.45) is 5.73 Å². The molecule has 1 aliphatic heterocycles. The molecule has 0 fully saturated rings. The van der Waals surface area contributed by atoms with Crippen molar-refractivity contribution < 1.29 is 23.5 Å². The molecule has 6 nitrogen and oxygen atoms in total. The molecule has 1 aromatic heterocycles. The summed E-state index contributed by atoms with van der Waals surface area (Å²) >= 11 is 3.24. The SMILES string of the molecule is CCOC(=O)C1=C(N)OC2=C(C(=O)CCC2)[C@@H]1c1ccc(Br)o1. The zero-order valence-electron chi connectivity index (χ0n) is 12.6. The van der Waals surface area contributed by atoms with E-state index in [-0.39, 0.29) is 23.8 Å². The molecule has 23 heavy (non-hydrogen) atoms. The summed E-state index contributed by atoms with van der Waals surface area (Å²) in [4.78, 5) is 24.8. The Morgan fingerprint density at radius 1 is 1.43 bits per heavy atom. The molecule has 0 amide bonds. The maximum Gasteiger partial charge on any atom is 0.340 e.